The maximum Gasteiger partial charge on any atom is 0.226 e. The molecule has 0 radical (unpaired) electrons. The number of rotatable bonds is 8. The topological polar surface area (TPSA) is 83.3 Å². The van der Waals surface area contributed by atoms with E-state index < -0.39 is 0 Å². The lowest BCUT2D eigenvalue weighted by Crippen LogP contribution is -2.39. The van der Waals surface area contributed by atoms with Gasteiger partial charge in [0.25, 0.3) is 0 Å². The van der Waals surface area contributed by atoms with Gasteiger partial charge in [-0.15, -0.1) is 0 Å². The minimum Gasteiger partial charge on any atom is -0.356 e. The standard InChI is InChI=1S/C20H29ClN6O/c1-14-6-7-18(17(21)12-14)25-19(28)8-10-24-20(22-4)23-9-5-11-27-16(3)13-15(2)26-27/h6-7,12-13H,5,8-11H2,1-4H3,(H,25,28)(H2,22,23,24). The third kappa shape index (κ3) is 6.88. The molecule has 0 bridgehead atoms. The highest BCUT2D eigenvalue weighted by Crippen LogP contribution is 2.22. The molecule has 0 saturated carbocycles. The summed E-state index contributed by atoms with van der Waals surface area (Å²) in [7, 11) is 1.71. The molecule has 28 heavy (non-hydrogen) atoms. The molecule has 1 aromatic heterocycles. The second kappa shape index (κ2) is 10.7. The molecule has 0 fully saturated rings. The zero-order valence-corrected chi connectivity index (χ0v) is 17.7. The predicted octanol–water partition coefficient (Wildman–Crippen LogP) is 3.05. The Kier molecular flexibility index (Phi) is 8.32. The van der Waals surface area contributed by atoms with Crippen molar-refractivity contribution in [3.05, 3.63) is 46.2 Å². The van der Waals surface area contributed by atoms with Gasteiger partial charge in [0.05, 0.1) is 16.4 Å². The van der Waals surface area contributed by atoms with Crippen molar-refractivity contribution in [3.8, 4) is 0 Å². The highest BCUT2D eigenvalue weighted by Gasteiger charge is 2.07. The van der Waals surface area contributed by atoms with Gasteiger partial charge in [0, 0.05) is 38.8 Å². The van der Waals surface area contributed by atoms with E-state index in [1.54, 1.807) is 7.05 Å². The molecule has 1 heterocycles. The first-order chi connectivity index (χ1) is 13.4. The first-order valence-electron chi connectivity index (χ1n) is 9.40. The Morgan fingerprint density at radius 3 is 2.57 bits per heavy atom. The summed E-state index contributed by atoms with van der Waals surface area (Å²) in [5.74, 6) is 0.577. The number of nitrogens with zero attached hydrogens (tertiary/aromatic N) is 3. The molecule has 0 aliphatic rings. The van der Waals surface area contributed by atoms with E-state index in [9.17, 15) is 4.79 Å². The highest BCUT2D eigenvalue weighted by atomic mass is 35.5. The lowest BCUT2D eigenvalue weighted by atomic mass is 10.2. The minimum atomic E-state index is -0.0989. The minimum absolute atomic E-state index is 0.0989. The first kappa shape index (κ1) is 21.8. The second-order valence-corrected chi connectivity index (χ2v) is 7.12. The maximum absolute atomic E-state index is 12.1. The second-order valence-electron chi connectivity index (χ2n) is 6.71. The summed E-state index contributed by atoms with van der Waals surface area (Å²) in [4.78, 5) is 16.3. The number of guanidine groups is 1. The summed E-state index contributed by atoms with van der Waals surface area (Å²) in [5.41, 5.74) is 3.88. The van der Waals surface area contributed by atoms with Crippen molar-refractivity contribution < 1.29 is 4.79 Å². The van der Waals surface area contributed by atoms with E-state index in [1.165, 1.54) is 5.69 Å². The van der Waals surface area contributed by atoms with Gasteiger partial charge in [-0.2, -0.15) is 5.10 Å². The summed E-state index contributed by atoms with van der Waals surface area (Å²) in [6.45, 7) is 8.11. The molecule has 0 atom stereocenters. The van der Waals surface area contributed by atoms with Crippen LogP contribution in [0.2, 0.25) is 5.02 Å². The highest BCUT2D eigenvalue weighted by molar-refractivity contribution is 6.33. The molecule has 0 aliphatic carbocycles. The number of carbonyl (C=O) groups is 1. The number of anilines is 1. The van der Waals surface area contributed by atoms with E-state index in [2.05, 4.69) is 39.0 Å². The normalized spacial score (nSPS) is 11.4. The van der Waals surface area contributed by atoms with Gasteiger partial charge in [-0.25, -0.2) is 0 Å². The summed E-state index contributed by atoms with van der Waals surface area (Å²) in [6, 6.07) is 7.62. The fourth-order valence-electron chi connectivity index (χ4n) is 2.79. The third-order valence-electron chi connectivity index (χ3n) is 4.21. The van der Waals surface area contributed by atoms with Gasteiger partial charge in [0.2, 0.25) is 5.91 Å². The summed E-state index contributed by atoms with van der Waals surface area (Å²) < 4.78 is 2.01. The molecule has 2 aromatic rings. The van der Waals surface area contributed by atoms with Gasteiger partial charge in [0.1, 0.15) is 0 Å². The number of amides is 1. The number of benzene rings is 1. The number of aliphatic imine (C=N–C) groups is 1. The molecule has 0 unspecified atom stereocenters. The van der Waals surface area contributed by atoms with E-state index in [1.807, 2.05) is 36.7 Å². The molecule has 8 heteroatoms. The predicted molar refractivity (Wildman–Crippen MR) is 115 cm³/mol. The molecular weight excluding hydrogens is 376 g/mol. The van der Waals surface area contributed by atoms with Gasteiger partial charge >= 0.3 is 0 Å². The fourth-order valence-corrected chi connectivity index (χ4v) is 3.07. The number of aromatic nitrogens is 2. The Morgan fingerprint density at radius 1 is 1.18 bits per heavy atom. The van der Waals surface area contributed by atoms with Gasteiger partial charge in [0.15, 0.2) is 5.96 Å². The van der Waals surface area contributed by atoms with E-state index in [4.69, 9.17) is 11.6 Å². The van der Waals surface area contributed by atoms with Crippen LogP contribution in [0, 0.1) is 20.8 Å². The van der Waals surface area contributed by atoms with Crippen LogP contribution in [0.1, 0.15) is 29.8 Å². The van der Waals surface area contributed by atoms with Gasteiger partial charge in [-0.1, -0.05) is 17.7 Å². The fraction of sp³-hybridized carbons (Fsp3) is 0.450. The van der Waals surface area contributed by atoms with Crippen molar-refractivity contribution in [2.75, 3.05) is 25.5 Å². The number of halogens is 1. The smallest absolute Gasteiger partial charge is 0.226 e. The van der Waals surface area contributed by atoms with Crippen LogP contribution in [-0.2, 0) is 11.3 Å². The lowest BCUT2D eigenvalue weighted by molar-refractivity contribution is -0.116. The summed E-state index contributed by atoms with van der Waals surface area (Å²) in [6.07, 6.45) is 1.24. The van der Waals surface area contributed by atoms with Crippen molar-refractivity contribution >= 4 is 29.2 Å². The molecule has 1 aromatic carbocycles. The monoisotopic (exact) mass is 404 g/mol. The van der Waals surface area contributed by atoms with Gasteiger partial charge < -0.3 is 16.0 Å². The lowest BCUT2D eigenvalue weighted by Gasteiger charge is -2.12. The van der Waals surface area contributed by atoms with E-state index in [-0.39, 0.29) is 5.91 Å². The maximum atomic E-state index is 12.1. The van der Waals surface area contributed by atoms with E-state index in [0.717, 1.165) is 30.8 Å². The Morgan fingerprint density at radius 2 is 1.93 bits per heavy atom. The third-order valence-corrected chi connectivity index (χ3v) is 4.52. The van der Waals surface area contributed by atoms with Crippen molar-refractivity contribution in [1.29, 1.82) is 0 Å². The van der Waals surface area contributed by atoms with Crippen LogP contribution in [0.4, 0.5) is 5.69 Å². The molecule has 0 spiro atoms. The van der Waals surface area contributed by atoms with Gasteiger partial charge in [-0.3, -0.25) is 14.5 Å². The van der Waals surface area contributed by atoms with Crippen LogP contribution in [0.25, 0.3) is 0 Å². The summed E-state index contributed by atoms with van der Waals surface area (Å²) >= 11 is 6.14. The number of nitrogens with one attached hydrogen (secondary N) is 3. The summed E-state index contributed by atoms with van der Waals surface area (Å²) in [5, 5.41) is 14.2. The quantitative estimate of drug-likeness (QED) is 0.358. The average Bonchev–Trinajstić information content (AvgIpc) is 2.96. The Labute approximate surface area is 171 Å². The van der Waals surface area contributed by atoms with Crippen LogP contribution >= 0.6 is 11.6 Å². The zero-order chi connectivity index (χ0) is 20.5. The zero-order valence-electron chi connectivity index (χ0n) is 17.0. The van der Waals surface area contributed by atoms with Crippen LogP contribution < -0.4 is 16.0 Å². The largest absolute Gasteiger partial charge is 0.356 e. The molecule has 2 rings (SSSR count). The van der Waals surface area contributed by atoms with Crippen molar-refractivity contribution in [2.24, 2.45) is 4.99 Å². The Bertz CT molecular complexity index is 830. The first-order valence-corrected chi connectivity index (χ1v) is 9.78. The average molecular weight is 405 g/mol. The van der Waals surface area contributed by atoms with E-state index >= 15 is 0 Å². The molecule has 0 saturated heterocycles. The van der Waals surface area contributed by atoms with Gasteiger partial charge in [-0.05, 0) is 51.0 Å². The molecular formula is C20H29ClN6O. The number of aryl methyl sites for hydroxylation is 4. The number of hydrogen-bond acceptors (Lipinski definition) is 3. The molecule has 7 nitrogen and oxygen atoms in total. The van der Waals surface area contributed by atoms with E-state index in [0.29, 0.717) is 29.6 Å². The van der Waals surface area contributed by atoms with Crippen molar-refractivity contribution in [1.82, 2.24) is 20.4 Å². The van der Waals surface area contributed by atoms with Crippen LogP contribution in [0.5, 0.6) is 0 Å². The van der Waals surface area contributed by atoms with Crippen molar-refractivity contribution in [3.63, 3.8) is 0 Å². The van der Waals surface area contributed by atoms with Crippen LogP contribution in [0.15, 0.2) is 29.3 Å². The SMILES string of the molecule is CN=C(NCCCn1nc(C)cc1C)NCCC(=O)Nc1ccc(C)cc1Cl. The number of hydrogen-bond donors (Lipinski definition) is 3. The molecule has 152 valence electrons. The Balaban J connectivity index is 1.66. The number of carbonyl (C=O) groups excluding carboxylic acids is 1. The Hall–Kier alpha value is -2.54. The molecule has 3 N–H and O–H groups in total. The van der Waals surface area contributed by atoms with Crippen LogP contribution in [-0.4, -0.2) is 41.8 Å². The molecule has 0 aliphatic heterocycles. The van der Waals surface area contributed by atoms with Crippen molar-refractivity contribution in [2.45, 2.75) is 40.2 Å². The molecule has 1 amide bonds. The van der Waals surface area contributed by atoms with Crippen LogP contribution in [0.3, 0.4) is 0 Å².